The van der Waals surface area contributed by atoms with Crippen LogP contribution in [-0.2, 0) is 9.59 Å². The minimum absolute atomic E-state index is 0.187. The summed E-state index contributed by atoms with van der Waals surface area (Å²) in [5.41, 5.74) is 0. The molecule has 104 valence electrons. The lowest BCUT2D eigenvalue weighted by Gasteiger charge is -2.14. The van der Waals surface area contributed by atoms with E-state index in [1.165, 1.54) is 11.8 Å². The highest BCUT2D eigenvalue weighted by atomic mass is 32.2. The van der Waals surface area contributed by atoms with Gasteiger partial charge in [0.1, 0.15) is 11.8 Å². The number of carbonyl (C=O) groups is 2. The second-order valence-electron chi connectivity index (χ2n) is 3.84. The van der Waals surface area contributed by atoms with Gasteiger partial charge in [0.25, 0.3) is 5.91 Å². The number of amides is 1. The van der Waals surface area contributed by atoms with Crippen LogP contribution in [0, 0.1) is 0 Å². The Labute approximate surface area is 116 Å². The lowest BCUT2D eigenvalue weighted by atomic mass is 10.2. The molecule has 0 bridgehead atoms. The maximum Gasteiger partial charge on any atom is 0.326 e. The van der Waals surface area contributed by atoms with Crippen LogP contribution in [0.4, 0.5) is 0 Å². The second kappa shape index (κ2) is 8.42. The predicted molar refractivity (Wildman–Crippen MR) is 74.5 cm³/mol. The molecule has 1 unspecified atom stereocenters. The molecule has 1 aromatic rings. The molecule has 0 aliphatic carbocycles. The lowest BCUT2D eigenvalue weighted by Crippen LogP contribution is -2.43. The van der Waals surface area contributed by atoms with Crippen molar-refractivity contribution in [3.05, 3.63) is 30.3 Å². The van der Waals surface area contributed by atoms with Crippen LogP contribution in [0.25, 0.3) is 0 Å². The third kappa shape index (κ3) is 6.15. The third-order valence-corrected chi connectivity index (χ3v) is 3.00. The Morgan fingerprint density at radius 3 is 2.63 bits per heavy atom. The molecule has 0 fully saturated rings. The smallest absolute Gasteiger partial charge is 0.326 e. The Morgan fingerprint density at radius 2 is 2.05 bits per heavy atom. The highest BCUT2D eigenvalue weighted by Crippen LogP contribution is 2.07. The van der Waals surface area contributed by atoms with E-state index < -0.39 is 17.9 Å². The first-order valence-corrected chi connectivity index (χ1v) is 7.22. The summed E-state index contributed by atoms with van der Waals surface area (Å²) in [5, 5.41) is 11.4. The molecule has 2 N–H and O–H groups in total. The first kappa shape index (κ1) is 15.4. The number of rotatable bonds is 8. The molecule has 1 amide bonds. The Morgan fingerprint density at radius 1 is 1.37 bits per heavy atom. The summed E-state index contributed by atoms with van der Waals surface area (Å²) in [6, 6.07) is 8.04. The summed E-state index contributed by atoms with van der Waals surface area (Å²) in [7, 11) is 0. The third-order valence-electron chi connectivity index (χ3n) is 2.36. The van der Waals surface area contributed by atoms with Gasteiger partial charge in [-0.05, 0) is 30.6 Å². The van der Waals surface area contributed by atoms with E-state index in [4.69, 9.17) is 9.84 Å². The van der Waals surface area contributed by atoms with E-state index >= 15 is 0 Å². The van der Waals surface area contributed by atoms with Gasteiger partial charge in [-0.1, -0.05) is 18.2 Å². The second-order valence-corrected chi connectivity index (χ2v) is 4.83. The first-order chi connectivity index (χ1) is 9.13. The Balaban J connectivity index is 2.38. The molecule has 1 rings (SSSR count). The lowest BCUT2D eigenvalue weighted by molar-refractivity contribution is -0.142. The van der Waals surface area contributed by atoms with Crippen molar-refractivity contribution in [2.45, 2.75) is 12.5 Å². The van der Waals surface area contributed by atoms with Crippen LogP contribution in [0.5, 0.6) is 5.75 Å². The van der Waals surface area contributed by atoms with Gasteiger partial charge in [-0.2, -0.15) is 11.8 Å². The number of carbonyl (C=O) groups excluding carboxylic acids is 1. The molecule has 19 heavy (non-hydrogen) atoms. The number of para-hydroxylation sites is 1. The average Bonchev–Trinajstić information content (AvgIpc) is 2.42. The summed E-state index contributed by atoms with van der Waals surface area (Å²) in [6.45, 7) is -0.187. The topological polar surface area (TPSA) is 75.6 Å². The van der Waals surface area contributed by atoms with Gasteiger partial charge in [0.15, 0.2) is 6.61 Å². The van der Waals surface area contributed by atoms with Crippen molar-refractivity contribution in [3.63, 3.8) is 0 Å². The molecule has 0 spiro atoms. The highest BCUT2D eigenvalue weighted by Gasteiger charge is 2.19. The van der Waals surface area contributed by atoms with E-state index in [0.29, 0.717) is 17.9 Å². The fraction of sp³-hybridized carbons (Fsp3) is 0.385. The molecule has 5 nitrogen and oxygen atoms in total. The Bertz CT molecular complexity index is 410. The van der Waals surface area contributed by atoms with E-state index in [1.807, 2.05) is 12.3 Å². The first-order valence-electron chi connectivity index (χ1n) is 5.82. The maximum absolute atomic E-state index is 11.6. The molecule has 1 aromatic carbocycles. The van der Waals surface area contributed by atoms with Crippen molar-refractivity contribution >= 4 is 23.6 Å². The number of carboxylic acids is 1. The van der Waals surface area contributed by atoms with Gasteiger partial charge in [-0.25, -0.2) is 4.79 Å². The van der Waals surface area contributed by atoms with Gasteiger partial charge in [0.05, 0.1) is 0 Å². The molecule has 6 heteroatoms. The summed E-state index contributed by atoms with van der Waals surface area (Å²) in [4.78, 5) is 22.5. The highest BCUT2D eigenvalue weighted by molar-refractivity contribution is 7.98. The van der Waals surface area contributed by atoms with Crippen LogP contribution in [0.15, 0.2) is 30.3 Å². The molecule has 0 aliphatic rings. The largest absolute Gasteiger partial charge is 0.484 e. The van der Waals surface area contributed by atoms with Gasteiger partial charge in [-0.15, -0.1) is 0 Å². The predicted octanol–water partition coefficient (Wildman–Crippen LogP) is 1.39. The van der Waals surface area contributed by atoms with E-state index in [2.05, 4.69) is 5.32 Å². The van der Waals surface area contributed by atoms with Gasteiger partial charge >= 0.3 is 5.97 Å². The van der Waals surface area contributed by atoms with Gasteiger partial charge in [0.2, 0.25) is 0 Å². The SMILES string of the molecule is CSCCC(NC(=O)COc1ccccc1)C(=O)O. The zero-order valence-corrected chi connectivity index (χ0v) is 11.5. The number of carboxylic acid groups (broad SMARTS) is 1. The van der Waals surface area contributed by atoms with Crippen LogP contribution in [-0.4, -0.2) is 41.6 Å². The molecule has 0 aliphatic heterocycles. The molecule has 1 atom stereocenters. The average molecular weight is 283 g/mol. The number of hydrogen-bond acceptors (Lipinski definition) is 4. The van der Waals surface area contributed by atoms with Crippen molar-refractivity contribution in [2.24, 2.45) is 0 Å². The van der Waals surface area contributed by atoms with Crippen LogP contribution in [0.3, 0.4) is 0 Å². The number of thioether (sulfide) groups is 1. The van der Waals surface area contributed by atoms with Gasteiger partial charge in [-0.3, -0.25) is 4.79 Å². The van der Waals surface area contributed by atoms with E-state index in [9.17, 15) is 9.59 Å². The molecule has 0 aromatic heterocycles. The van der Waals surface area contributed by atoms with Gasteiger partial charge < -0.3 is 15.2 Å². The zero-order chi connectivity index (χ0) is 14.1. The molecular formula is C13H17NO4S. The quantitative estimate of drug-likeness (QED) is 0.754. The monoisotopic (exact) mass is 283 g/mol. The molecule has 0 saturated heterocycles. The molecular weight excluding hydrogens is 266 g/mol. The number of aliphatic carboxylic acids is 1. The number of nitrogens with one attached hydrogen (secondary N) is 1. The zero-order valence-electron chi connectivity index (χ0n) is 10.7. The van der Waals surface area contributed by atoms with Crippen molar-refractivity contribution in [1.29, 1.82) is 0 Å². The van der Waals surface area contributed by atoms with Crippen LogP contribution in [0.1, 0.15) is 6.42 Å². The Kier molecular flexibility index (Phi) is 6.81. The van der Waals surface area contributed by atoms with Crippen LogP contribution in [0.2, 0.25) is 0 Å². The standard InChI is InChI=1S/C13H17NO4S/c1-19-8-7-11(13(16)17)14-12(15)9-18-10-5-3-2-4-6-10/h2-6,11H,7-9H2,1H3,(H,14,15)(H,16,17). The summed E-state index contributed by atoms with van der Waals surface area (Å²) < 4.78 is 5.24. The summed E-state index contributed by atoms with van der Waals surface area (Å²) in [6.07, 6.45) is 2.28. The summed E-state index contributed by atoms with van der Waals surface area (Å²) in [5.74, 6) is -0.204. The summed E-state index contributed by atoms with van der Waals surface area (Å²) >= 11 is 1.54. The Hall–Kier alpha value is -1.69. The maximum atomic E-state index is 11.6. The van der Waals surface area contributed by atoms with Crippen molar-refractivity contribution in [3.8, 4) is 5.75 Å². The van der Waals surface area contributed by atoms with E-state index in [-0.39, 0.29) is 6.61 Å². The molecule has 0 radical (unpaired) electrons. The van der Waals surface area contributed by atoms with E-state index in [0.717, 1.165) is 0 Å². The van der Waals surface area contributed by atoms with Crippen molar-refractivity contribution in [1.82, 2.24) is 5.32 Å². The van der Waals surface area contributed by atoms with Gasteiger partial charge in [0, 0.05) is 0 Å². The number of benzene rings is 1. The number of hydrogen-bond donors (Lipinski definition) is 2. The van der Waals surface area contributed by atoms with E-state index in [1.54, 1.807) is 24.3 Å². The molecule has 0 heterocycles. The fourth-order valence-electron chi connectivity index (χ4n) is 1.39. The fourth-order valence-corrected chi connectivity index (χ4v) is 1.87. The normalized spacial score (nSPS) is 11.6. The minimum Gasteiger partial charge on any atom is -0.484 e. The van der Waals surface area contributed by atoms with Crippen molar-refractivity contribution in [2.75, 3.05) is 18.6 Å². The minimum atomic E-state index is -1.03. The molecule has 0 saturated carbocycles. The number of ether oxygens (including phenoxy) is 1. The van der Waals surface area contributed by atoms with Crippen molar-refractivity contribution < 1.29 is 19.4 Å². The van der Waals surface area contributed by atoms with Crippen LogP contribution < -0.4 is 10.1 Å². The van der Waals surface area contributed by atoms with Crippen LogP contribution >= 0.6 is 11.8 Å².